The van der Waals surface area contributed by atoms with Crippen molar-refractivity contribution in [1.29, 1.82) is 0 Å². The minimum absolute atomic E-state index is 0.0400. The van der Waals surface area contributed by atoms with E-state index in [0.717, 1.165) is 10.5 Å². The Hall–Kier alpha value is -6.00. The molecule has 254 valence electrons. The maximum atomic E-state index is 13.7. The number of hydrogen-bond donors (Lipinski definition) is 3. The van der Waals surface area contributed by atoms with Gasteiger partial charge < -0.3 is 30.2 Å². The smallest absolute Gasteiger partial charge is 0.272 e. The summed E-state index contributed by atoms with van der Waals surface area (Å²) in [5, 5.41) is 8.03. The van der Waals surface area contributed by atoms with Crippen LogP contribution in [0.3, 0.4) is 0 Å². The second-order valence-electron chi connectivity index (χ2n) is 10.8. The van der Waals surface area contributed by atoms with E-state index in [-0.39, 0.29) is 11.6 Å². The minimum Gasteiger partial charge on any atom is -0.497 e. The van der Waals surface area contributed by atoms with Crippen molar-refractivity contribution in [3.63, 3.8) is 0 Å². The number of amides is 3. The first-order valence-electron chi connectivity index (χ1n) is 15.8. The first-order chi connectivity index (χ1) is 24.4. The molecule has 0 saturated carbocycles. The molecule has 0 aromatic heterocycles. The van der Waals surface area contributed by atoms with E-state index in [1.807, 2.05) is 73.7 Å². The average molecular weight is 688 g/mol. The molecule has 5 rings (SSSR count). The molecule has 9 nitrogen and oxygen atoms in total. The van der Waals surface area contributed by atoms with E-state index in [1.54, 1.807) is 73.8 Å². The first-order valence-corrected chi connectivity index (χ1v) is 16.7. The highest BCUT2D eigenvalue weighted by Gasteiger charge is 2.24. The van der Waals surface area contributed by atoms with Gasteiger partial charge in [0.25, 0.3) is 11.8 Å². The molecule has 3 amide bonds. The Morgan fingerprint density at radius 2 is 1.42 bits per heavy atom. The molecule has 0 fully saturated rings. The molecule has 0 saturated heterocycles. The van der Waals surface area contributed by atoms with Gasteiger partial charge in [0, 0.05) is 27.8 Å². The number of carbonyl (C=O) groups is 3. The normalized spacial score (nSPS) is 11.5. The summed E-state index contributed by atoms with van der Waals surface area (Å²) in [6, 6.07) is 37.7. The molecule has 5 aromatic carbocycles. The number of thioether (sulfide) groups is 1. The summed E-state index contributed by atoms with van der Waals surface area (Å²) in [5.74, 6) is 0.475. The average Bonchev–Trinajstić information content (AvgIpc) is 3.15. The summed E-state index contributed by atoms with van der Waals surface area (Å²) in [6.07, 6.45) is 1.59. The van der Waals surface area contributed by atoms with Crippen LogP contribution < -0.4 is 30.2 Å². The monoisotopic (exact) mass is 687 g/mol. The molecule has 3 N–H and O–H groups in total. The minimum atomic E-state index is -0.610. The van der Waals surface area contributed by atoms with E-state index in [4.69, 9.17) is 14.2 Å². The number of benzene rings is 5. The highest BCUT2D eigenvalue weighted by atomic mass is 32.2. The number of hydrogen-bond acceptors (Lipinski definition) is 7. The Kier molecular flexibility index (Phi) is 12.3. The first kappa shape index (κ1) is 35.3. The molecule has 0 heterocycles. The lowest BCUT2D eigenvalue weighted by Crippen LogP contribution is -2.30. The lowest BCUT2D eigenvalue weighted by Gasteiger charge is -2.19. The Bertz CT molecular complexity index is 1950. The number of carbonyl (C=O) groups excluding carboxylic acids is 3. The Morgan fingerprint density at radius 3 is 2.10 bits per heavy atom. The fourth-order valence-electron chi connectivity index (χ4n) is 4.95. The van der Waals surface area contributed by atoms with Gasteiger partial charge in [0.2, 0.25) is 5.91 Å². The van der Waals surface area contributed by atoms with Crippen LogP contribution in [0.15, 0.2) is 138 Å². The predicted molar refractivity (Wildman–Crippen MR) is 198 cm³/mol. The maximum absolute atomic E-state index is 13.7. The number of methoxy groups -OCH3 is 2. The van der Waals surface area contributed by atoms with Crippen LogP contribution >= 0.6 is 11.8 Å². The van der Waals surface area contributed by atoms with Crippen LogP contribution in [-0.4, -0.2) is 38.5 Å². The number of anilines is 2. The van der Waals surface area contributed by atoms with Crippen LogP contribution in [0, 0.1) is 0 Å². The van der Waals surface area contributed by atoms with Crippen molar-refractivity contribution >= 4 is 46.9 Å². The molecule has 50 heavy (non-hydrogen) atoms. The van der Waals surface area contributed by atoms with Crippen molar-refractivity contribution < 1.29 is 28.6 Å². The Balaban J connectivity index is 1.36. The van der Waals surface area contributed by atoms with Crippen LogP contribution in [0.4, 0.5) is 11.4 Å². The molecule has 5 aromatic rings. The molecule has 0 bridgehead atoms. The predicted octanol–water partition coefficient (Wildman–Crippen LogP) is 7.98. The fraction of sp³-hybridized carbons (Fsp3) is 0.125. The van der Waals surface area contributed by atoms with Crippen LogP contribution in [0.2, 0.25) is 0 Å². The molecule has 1 atom stereocenters. The van der Waals surface area contributed by atoms with Crippen molar-refractivity contribution in [2.24, 2.45) is 0 Å². The van der Waals surface area contributed by atoms with Crippen LogP contribution in [0.5, 0.6) is 17.2 Å². The van der Waals surface area contributed by atoms with E-state index < -0.39 is 17.1 Å². The fourth-order valence-corrected chi connectivity index (χ4v) is 5.97. The topological polar surface area (TPSA) is 115 Å². The Labute approximate surface area is 295 Å². The van der Waals surface area contributed by atoms with Crippen molar-refractivity contribution in [2.75, 3.05) is 31.5 Å². The van der Waals surface area contributed by atoms with Gasteiger partial charge in [0.05, 0.1) is 26.5 Å². The van der Waals surface area contributed by atoms with Crippen molar-refractivity contribution in [3.05, 3.63) is 150 Å². The summed E-state index contributed by atoms with van der Waals surface area (Å²) < 4.78 is 16.5. The maximum Gasteiger partial charge on any atom is 0.272 e. The third-order valence-corrected chi connectivity index (χ3v) is 8.68. The van der Waals surface area contributed by atoms with Gasteiger partial charge in [-0.1, -0.05) is 66.7 Å². The summed E-state index contributed by atoms with van der Waals surface area (Å²) in [5.41, 5.74) is 2.88. The number of para-hydroxylation sites is 1. The molecule has 1 unspecified atom stereocenters. The van der Waals surface area contributed by atoms with E-state index in [9.17, 15) is 14.4 Å². The van der Waals surface area contributed by atoms with Crippen LogP contribution in [0.25, 0.3) is 6.08 Å². The quantitative estimate of drug-likeness (QED) is 0.0801. The van der Waals surface area contributed by atoms with E-state index in [0.29, 0.717) is 46.4 Å². The largest absolute Gasteiger partial charge is 0.497 e. The number of nitrogens with one attached hydrogen (secondary N) is 3. The lowest BCUT2D eigenvalue weighted by molar-refractivity contribution is -0.116. The zero-order chi connectivity index (χ0) is 35.3. The standard InChI is InChI=1S/C40H37N3O6S/c1-4-49-35-18-12-11-17-29(35)25-34(43-38(44)28-15-9-6-10-16-28)39(45)41-30-19-22-32(23-20-30)50-37(27-13-7-5-8-14-27)40(46)42-33-26-31(47-2)21-24-36(33)48-3/h5-26,37H,4H2,1-3H3,(H,41,45)(H,42,46)(H,43,44)/b34-25-. The molecule has 0 aliphatic carbocycles. The molecule has 0 radical (unpaired) electrons. The van der Waals surface area contributed by atoms with Gasteiger partial charge in [-0.25, -0.2) is 0 Å². The second kappa shape index (κ2) is 17.4. The zero-order valence-corrected chi connectivity index (χ0v) is 28.7. The van der Waals surface area contributed by atoms with Gasteiger partial charge in [0.1, 0.15) is 28.2 Å². The van der Waals surface area contributed by atoms with E-state index >= 15 is 0 Å². The summed E-state index contributed by atoms with van der Waals surface area (Å²) in [7, 11) is 3.10. The second-order valence-corrected chi connectivity index (χ2v) is 12.0. The van der Waals surface area contributed by atoms with E-state index in [2.05, 4.69) is 16.0 Å². The third kappa shape index (κ3) is 9.33. The molecular formula is C40H37N3O6S. The molecule has 10 heteroatoms. The summed E-state index contributed by atoms with van der Waals surface area (Å²) >= 11 is 1.36. The zero-order valence-electron chi connectivity index (χ0n) is 27.8. The highest BCUT2D eigenvalue weighted by molar-refractivity contribution is 8.00. The molecule has 0 aliphatic rings. The molecule has 0 aliphatic heterocycles. The van der Waals surface area contributed by atoms with Gasteiger partial charge in [-0.2, -0.15) is 0 Å². The third-order valence-electron chi connectivity index (χ3n) is 7.42. The van der Waals surface area contributed by atoms with Gasteiger partial charge in [-0.05, 0) is 73.2 Å². The van der Waals surface area contributed by atoms with Crippen LogP contribution in [0.1, 0.15) is 33.7 Å². The van der Waals surface area contributed by atoms with Crippen molar-refractivity contribution in [3.8, 4) is 17.2 Å². The van der Waals surface area contributed by atoms with Gasteiger partial charge in [0.15, 0.2) is 0 Å². The van der Waals surface area contributed by atoms with Crippen molar-refractivity contribution in [2.45, 2.75) is 17.1 Å². The van der Waals surface area contributed by atoms with E-state index in [1.165, 1.54) is 18.9 Å². The van der Waals surface area contributed by atoms with Gasteiger partial charge in [-0.3, -0.25) is 14.4 Å². The summed E-state index contributed by atoms with van der Waals surface area (Å²) in [4.78, 5) is 41.3. The van der Waals surface area contributed by atoms with Crippen LogP contribution in [-0.2, 0) is 9.59 Å². The Morgan fingerprint density at radius 1 is 0.740 bits per heavy atom. The lowest BCUT2D eigenvalue weighted by atomic mass is 10.1. The number of rotatable bonds is 14. The summed E-state index contributed by atoms with van der Waals surface area (Å²) in [6.45, 7) is 2.31. The van der Waals surface area contributed by atoms with Crippen molar-refractivity contribution in [1.82, 2.24) is 5.32 Å². The van der Waals surface area contributed by atoms with Gasteiger partial charge >= 0.3 is 0 Å². The highest BCUT2D eigenvalue weighted by Crippen LogP contribution is 2.38. The SMILES string of the molecule is CCOc1ccccc1/C=C(\NC(=O)c1ccccc1)C(=O)Nc1ccc(SC(C(=O)Nc2cc(OC)ccc2OC)c2ccccc2)cc1. The van der Waals surface area contributed by atoms with Gasteiger partial charge in [-0.15, -0.1) is 11.8 Å². The molecular weight excluding hydrogens is 651 g/mol. The molecule has 0 spiro atoms. The number of ether oxygens (including phenoxy) is 3.